The highest BCUT2D eigenvalue weighted by Gasteiger charge is 2.03. The molecule has 0 radical (unpaired) electrons. The number of aromatic nitrogens is 2. The zero-order valence-electron chi connectivity index (χ0n) is 11.3. The Morgan fingerprint density at radius 1 is 1.09 bits per heavy atom. The van der Waals surface area contributed by atoms with Crippen molar-refractivity contribution in [2.45, 2.75) is 13.1 Å². The van der Waals surface area contributed by atoms with Gasteiger partial charge in [0.2, 0.25) is 0 Å². The molecule has 0 spiro atoms. The van der Waals surface area contributed by atoms with E-state index < -0.39 is 23.3 Å². The van der Waals surface area contributed by atoms with Crippen LogP contribution in [0.3, 0.4) is 0 Å². The second-order valence-electron chi connectivity index (χ2n) is 3.77. The summed E-state index contributed by atoms with van der Waals surface area (Å²) in [5.74, 6) is 0. The largest absolute Gasteiger partial charge is 0.350 e. The van der Waals surface area contributed by atoms with Crippen LogP contribution in [-0.4, -0.2) is 33.6 Å². The van der Waals surface area contributed by atoms with Crippen molar-refractivity contribution in [3.05, 3.63) is 33.1 Å². The molecular formula is C10H14N8O4. The topological polar surface area (TPSA) is 179 Å². The molecule has 4 amide bonds. The van der Waals surface area contributed by atoms with Gasteiger partial charge in [-0.2, -0.15) is 10.2 Å². The van der Waals surface area contributed by atoms with E-state index in [1.54, 1.807) is 0 Å². The molecule has 0 aliphatic heterocycles. The number of rotatable bonds is 6. The van der Waals surface area contributed by atoms with Crippen molar-refractivity contribution in [3.63, 3.8) is 0 Å². The second-order valence-corrected chi connectivity index (χ2v) is 3.77. The molecule has 1 rings (SSSR count). The first kappa shape index (κ1) is 16.6. The second kappa shape index (κ2) is 7.98. The van der Waals surface area contributed by atoms with Gasteiger partial charge < -0.3 is 11.5 Å². The number of carbonyl (C=O) groups excluding carboxylic acids is 2. The monoisotopic (exact) mass is 310 g/mol. The lowest BCUT2D eigenvalue weighted by Crippen LogP contribution is -2.39. The molecule has 12 heteroatoms. The van der Waals surface area contributed by atoms with Gasteiger partial charge in [0.05, 0.1) is 13.1 Å². The van der Waals surface area contributed by atoms with E-state index in [2.05, 4.69) is 10.2 Å². The van der Waals surface area contributed by atoms with Gasteiger partial charge >= 0.3 is 17.8 Å². The molecule has 0 aromatic carbocycles. The van der Waals surface area contributed by atoms with E-state index in [9.17, 15) is 19.2 Å². The number of urea groups is 2. The Morgan fingerprint density at radius 3 is 2.18 bits per heavy atom. The van der Waals surface area contributed by atoms with Crippen LogP contribution in [0.15, 0.2) is 32.1 Å². The van der Waals surface area contributed by atoms with Crippen LogP contribution in [0.1, 0.15) is 0 Å². The van der Waals surface area contributed by atoms with Crippen molar-refractivity contribution < 1.29 is 9.59 Å². The van der Waals surface area contributed by atoms with Crippen LogP contribution < -0.4 is 33.6 Å². The van der Waals surface area contributed by atoms with Gasteiger partial charge in [-0.25, -0.2) is 25.2 Å². The van der Waals surface area contributed by atoms with Crippen molar-refractivity contribution in [2.24, 2.45) is 21.7 Å². The Kier molecular flexibility index (Phi) is 6.03. The zero-order valence-corrected chi connectivity index (χ0v) is 11.3. The third-order valence-corrected chi connectivity index (χ3v) is 2.21. The molecule has 0 bridgehead atoms. The number of carbonyl (C=O) groups is 2. The predicted octanol–water partition coefficient (Wildman–Crippen LogP) is -2.68. The summed E-state index contributed by atoms with van der Waals surface area (Å²) in [4.78, 5) is 44.4. The molecule has 6 N–H and O–H groups in total. The maximum absolute atomic E-state index is 12.0. The first-order chi connectivity index (χ1) is 10.4. The summed E-state index contributed by atoms with van der Waals surface area (Å²) in [5.41, 5.74) is 12.3. The SMILES string of the molecule is NC(=O)N/N=C\Cn1c(=O)ccn(C/C=N/NC(N)=O)c1=O. The molecule has 0 fully saturated rings. The van der Waals surface area contributed by atoms with Gasteiger partial charge in [0.25, 0.3) is 5.56 Å². The summed E-state index contributed by atoms with van der Waals surface area (Å²) in [5, 5.41) is 6.90. The summed E-state index contributed by atoms with van der Waals surface area (Å²) in [7, 11) is 0. The normalized spacial score (nSPS) is 10.9. The van der Waals surface area contributed by atoms with Crippen molar-refractivity contribution in [1.29, 1.82) is 0 Å². The Hall–Kier alpha value is -3.44. The van der Waals surface area contributed by atoms with Crippen molar-refractivity contribution in [1.82, 2.24) is 20.0 Å². The Labute approximate surface area is 123 Å². The Bertz CT molecular complexity index is 716. The van der Waals surface area contributed by atoms with Gasteiger partial charge in [-0.15, -0.1) is 0 Å². The van der Waals surface area contributed by atoms with Crippen molar-refractivity contribution >= 4 is 24.5 Å². The molecule has 12 nitrogen and oxygen atoms in total. The van der Waals surface area contributed by atoms with Crippen LogP contribution in [0.2, 0.25) is 0 Å². The highest BCUT2D eigenvalue weighted by atomic mass is 16.2. The molecule has 1 aromatic heterocycles. The number of hydrogen-bond donors (Lipinski definition) is 4. The molecule has 0 saturated carbocycles. The van der Waals surface area contributed by atoms with E-state index in [-0.39, 0.29) is 13.1 Å². The zero-order chi connectivity index (χ0) is 16.5. The van der Waals surface area contributed by atoms with Crippen molar-refractivity contribution in [2.75, 3.05) is 0 Å². The van der Waals surface area contributed by atoms with E-state index >= 15 is 0 Å². The summed E-state index contributed by atoms with van der Waals surface area (Å²) < 4.78 is 2.05. The van der Waals surface area contributed by atoms with Crippen LogP contribution >= 0.6 is 0 Å². The molecule has 0 unspecified atom stereocenters. The molecule has 0 atom stereocenters. The quantitative estimate of drug-likeness (QED) is 0.330. The summed E-state index contributed by atoms with van der Waals surface area (Å²) in [6.07, 6.45) is 3.64. The number of nitrogens with zero attached hydrogens (tertiary/aromatic N) is 4. The minimum Gasteiger partial charge on any atom is -0.350 e. The number of hydrogen-bond acceptors (Lipinski definition) is 6. The average molecular weight is 310 g/mol. The Morgan fingerprint density at radius 2 is 1.64 bits per heavy atom. The number of nitrogens with two attached hydrogens (primary N) is 2. The van der Waals surface area contributed by atoms with E-state index in [4.69, 9.17) is 11.5 Å². The molecule has 1 aromatic rings. The molecule has 0 saturated heterocycles. The molecule has 0 aliphatic carbocycles. The maximum atomic E-state index is 12.0. The predicted molar refractivity (Wildman–Crippen MR) is 77.4 cm³/mol. The standard InChI is InChI=1S/C10H14N8O4/c11-8(20)15-13-2-5-17-4-1-7(19)18(10(17)22)6-3-14-16-9(12)21/h1-4H,5-6H2,(H3,11,15,20)(H3,12,16,21)/b13-2+,14-3-. The molecule has 118 valence electrons. The molecular weight excluding hydrogens is 296 g/mol. The first-order valence-corrected chi connectivity index (χ1v) is 5.86. The Balaban J connectivity index is 2.84. The maximum Gasteiger partial charge on any atom is 0.332 e. The van der Waals surface area contributed by atoms with Crippen LogP contribution in [0, 0.1) is 0 Å². The van der Waals surface area contributed by atoms with Crippen LogP contribution in [-0.2, 0) is 13.1 Å². The lowest BCUT2D eigenvalue weighted by Gasteiger charge is -2.05. The summed E-state index contributed by atoms with van der Waals surface area (Å²) in [6, 6.07) is -0.537. The van der Waals surface area contributed by atoms with E-state index in [1.165, 1.54) is 23.0 Å². The fraction of sp³-hybridized carbons (Fsp3) is 0.200. The number of primary amides is 2. The molecule has 0 aliphatic rings. The van der Waals surface area contributed by atoms with Crippen LogP contribution in [0.5, 0.6) is 0 Å². The number of amides is 4. The average Bonchev–Trinajstić information content (AvgIpc) is 2.44. The fourth-order valence-electron chi connectivity index (χ4n) is 1.33. The smallest absolute Gasteiger partial charge is 0.332 e. The van der Waals surface area contributed by atoms with Gasteiger partial charge in [-0.1, -0.05) is 0 Å². The lowest BCUT2D eigenvalue weighted by molar-refractivity contribution is 0.248. The van der Waals surface area contributed by atoms with Gasteiger partial charge in [0.1, 0.15) is 0 Å². The molecule has 1 heterocycles. The third-order valence-electron chi connectivity index (χ3n) is 2.21. The summed E-state index contributed by atoms with van der Waals surface area (Å²) >= 11 is 0. The van der Waals surface area contributed by atoms with Gasteiger partial charge in [-0.05, 0) is 0 Å². The first-order valence-electron chi connectivity index (χ1n) is 5.86. The van der Waals surface area contributed by atoms with Crippen molar-refractivity contribution in [3.8, 4) is 0 Å². The third kappa shape index (κ3) is 5.28. The van der Waals surface area contributed by atoms with Gasteiger partial charge in [0, 0.05) is 24.7 Å². The number of hydrazone groups is 2. The van der Waals surface area contributed by atoms with Gasteiger partial charge in [0.15, 0.2) is 0 Å². The molecule has 22 heavy (non-hydrogen) atoms. The van der Waals surface area contributed by atoms with Crippen LogP contribution in [0.25, 0.3) is 0 Å². The minimum atomic E-state index is -0.868. The van der Waals surface area contributed by atoms with Gasteiger partial charge in [-0.3, -0.25) is 13.9 Å². The summed E-state index contributed by atoms with van der Waals surface area (Å²) in [6.45, 7) is -0.147. The highest BCUT2D eigenvalue weighted by molar-refractivity contribution is 5.73. The van der Waals surface area contributed by atoms with E-state index in [0.717, 1.165) is 10.8 Å². The van der Waals surface area contributed by atoms with E-state index in [0.29, 0.717) is 0 Å². The number of nitrogens with one attached hydrogen (secondary N) is 2. The fourth-order valence-corrected chi connectivity index (χ4v) is 1.33. The highest BCUT2D eigenvalue weighted by Crippen LogP contribution is 1.78. The van der Waals surface area contributed by atoms with Crippen LogP contribution in [0.4, 0.5) is 9.59 Å². The minimum absolute atomic E-state index is 0.00999. The van der Waals surface area contributed by atoms with E-state index in [1.807, 2.05) is 10.9 Å². The lowest BCUT2D eigenvalue weighted by atomic mass is 10.5.